The summed E-state index contributed by atoms with van der Waals surface area (Å²) in [6.45, 7) is 3.92. The van der Waals surface area contributed by atoms with Gasteiger partial charge >= 0.3 is 0 Å². The molecule has 7 rings (SSSR count). The fourth-order valence-electron chi connectivity index (χ4n) is 5.59. The molecular weight excluding hydrogens is 490 g/mol. The molecule has 0 saturated heterocycles. The second kappa shape index (κ2) is 9.90. The van der Waals surface area contributed by atoms with Crippen LogP contribution in [-0.4, -0.2) is 4.57 Å². The van der Waals surface area contributed by atoms with Crippen LogP contribution in [0.3, 0.4) is 0 Å². The molecule has 0 amide bonds. The lowest BCUT2D eigenvalue weighted by atomic mass is 10.0. The summed E-state index contributed by atoms with van der Waals surface area (Å²) in [6.07, 6.45) is 9.23. The second-order valence-electron chi connectivity index (χ2n) is 9.87. The number of fused-ring (bicyclic) bond motifs is 7. The van der Waals surface area contributed by atoms with E-state index in [-0.39, 0.29) is 0 Å². The van der Waals surface area contributed by atoms with Gasteiger partial charge in [-0.25, -0.2) is 0 Å². The van der Waals surface area contributed by atoms with Crippen molar-refractivity contribution in [2.24, 2.45) is 0 Å². The summed E-state index contributed by atoms with van der Waals surface area (Å²) < 4.78 is 5.07. The molecule has 0 bridgehead atoms. The number of nitrogens with zero attached hydrogens (tertiary/aromatic N) is 1. The summed E-state index contributed by atoms with van der Waals surface area (Å²) in [5, 5.41) is 5.19. The zero-order valence-electron chi connectivity index (χ0n) is 21.5. The normalized spacial score (nSPS) is 12.4. The fraction of sp³-hybridized carbons (Fsp3) is 0.0270. The maximum absolute atomic E-state index is 3.92. The van der Waals surface area contributed by atoms with E-state index >= 15 is 0 Å². The van der Waals surface area contributed by atoms with E-state index in [1.165, 1.54) is 64.2 Å². The standard InChI is InChI=1S/C37H27NS/c1-2-3-12-27(23-26-13-6-4-7-14-26)25-38-34-22-19-29(28-15-8-5-9-16-28)24-33(34)31-20-21-32-30-17-10-11-18-35(30)39-37(32)36(31)38/h2-22,24-25H,1,23H2/b12-3-,27-25+. The van der Waals surface area contributed by atoms with Gasteiger partial charge in [0.15, 0.2) is 0 Å². The molecule has 2 heterocycles. The molecule has 186 valence electrons. The Kier molecular flexibility index (Phi) is 5.96. The van der Waals surface area contributed by atoms with Crippen LogP contribution in [0.5, 0.6) is 0 Å². The van der Waals surface area contributed by atoms with Crippen LogP contribution in [0.4, 0.5) is 0 Å². The van der Waals surface area contributed by atoms with Crippen molar-refractivity contribution >= 4 is 59.5 Å². The minimum atomic E-state index is 0.844. The second-order valence-corrected chi connectivity index (χ2v) is 10.9. The average molecular weight is 518 g/mol. The van der Waals surface area contributed by atoms with Crippen molar-refractivity contribution in [3.63, 3.8) is 0 Å². The third kappa shape index (κ3) is 4.20. The van der Waals surface area contributed by atoms with E-state index in [2.05, 4.69) is 139 Å². The molecule has 0 spiro atoms. The average Bonchev–Trinajstić information content (AvgIpc) is 3.52. The Bertz CT molecular complexity index is 2040. The summed E-state index contributed by atoms with van der Waals surface area (Å²) >= 11 is 1.89. The third-order valence-corrected chi connectivity index (χ3v) is 8.60. The number of hydrogen-bond acceptors (Lipinski definition) is 1. The van der Waals surface area contributed by atoms with Crippen LogP contribution in [0.15, 0.2) is 146 Å². The van der Waals surface area contributed by atoms with E-state index in [9.17, 15) is 0 Å². The van der Waals surface area contributed by atoms with E-state index in [0.29, 0.717) is 0 Å². The largest absolute Gasteiger partial charge is 0.314 e. The van der Waals surface area contributed by atoms with E-state index in [1.807, 2.05) is 23.5 Å². The van der Waals surface area contributed by atoms with Gasteiger partial charge in [-0.2, -0.15) is 0 Å². The molecule has 0 aliphatic rings. The highest BCUT2D eigenvalue weighted by Gasteiger charge is 2.17. The number of hydrogen-bond donors (Lipinski definition) is 0. The summed E-state index contributed by atoms with van der Waals surface area (Å²) in [4.78, 5) is 0. The molecule has 0 atom stereocenters. The highest BCUT2D eigenvalue weighted by atomic mass is 32.1. The van der Waals surface area contributed by atoms with Crippen molar-refractivity contribution in [3.05, 3.63) is 151 Å². The fourth-order valence-corrected chi connectivity index (χ4v) is 6.84. The van der Waals surface area contributed by atoms with Gasteiger partial charge in [0.2, 0.25) is 0 Å². The molecule has 2 aromatic heterocycles. The van der Waals surface area contributed by atoms with Crippen molar-refractivity contribution in [3.8, 4) is 11.1 Å². The maximum Gasteiger partial charge on any atom is 0.0714 e. The predicted molar refractivity (Wildman–Crippen MR) is 172 cm³/mol. The number of allylic oxidation sites excluding steroid dienone is 4. The van der Waals surface area contributed by atoms with Gasteiger partial charge in [0.1, 0.15) is 0 Å². The van der Waals surface area contributed by atoms with Gasteiger partial charge in [-0.1, -0.05) is 122 Å². The molecule has 0 N–H and O–H groups in total. The van der Waals surface area contributed by atoms with Crippen molar-refractivity contribution < 1.29 is 0 Å². The van der Waals surface area contributed by atoms with Crippen molar-refractivity contribution in [1.82, 2.24) is 4.57 Å². The molecule has 0 aliphatic heterocycles. The number of thiophene rings is 1. The van der Waals surface area contributed by atoms with Gasteiger partial charge in [-0.05, 0) is 46.9 Å². The van der Waals surface area contributed by atoms with Crippen molar-refractivity contribution in [2.75, 3.05) is 0 Å². The Hall–Kier alpha value is -4.66. The summed E-state index contributed by atoms with van der Waals surface area (Å²) in [6, 6.07) is 41.6. The zero-order chi connectivity index (χ0) is 26.2. The molecule has 0 saturated carbocycles. The first kappa shape index (κ1) is 23.5. The summed E-state index contributed by atoms with van der Waals surface area (Å²) in [5.41, 5.74) is 7.47. The van der Waals surface area contributed by atoms with E-state index in [0.717, 1.165) is 6.42 Å². The van der Waals surface area contributed by atoms with Gasteiger partial charge in [-0.3, -0.25) is 0 Å². The van der Waals surface area contributed by atoms with Gasteiger partial charge in [0.05, 0.1) is 15.7 Å². The molecule has 7 aromatic rings. The molecular formula is C37H27NS. The molecule has 39 heavy (non-hydrogen) atoms. The van der Waals surface area contributed by atoms with Crippen molar-refractivity contribution in [1.29, 1.82) is 0 Å². The van der Waals surface area contributed by atoms with Crippen LogP contribution in [0.1, 0.15) is 5.56 Å². The molecule has 0 radical (unpaired) electrons. The van der Waals surface area contributed by atoms with Gasteiger partial charge in [0.25, 0.3) is 0 Å². The SMILES string of the molecule is C=C/C=C\C(=C/n1c2ccc(-c3ccccc3)cc2c2ccc3c4ccccc4sc3c21)Cc1ccccc1. The molecule has 0 fully saturated rings. The van der Waals surface area contributed by atoms with Crippen molar-refractivity contribution in [2.45, 2.75) is 6.42 Å². The first-order chi connectivity index (χ1) is 19.3. The molecule has 5 aromatic carbocycles. The topological polar surface area (TPSA) is 4.93 Å². The Morgan fingerprint density at radius 3 is 2.26 bits per heavy atom. The smallest absolute Gasteiger partial charge is 0.0714 e. The van der Waals surface area contributed by atoms with Crippen LogP contribution in [0.25, 0.3) is 59.3 Å². The predicted octanol–water partition coefficient (Wildman–Crippen LogP) is 10.7. The first-order valence-electron chi connectivity index (χ1n) is 13.3. The van der Waals surface area contributed by atoms with E-state index < -0.39 is 0 Å². The minimum Gasteiger partial charge on any atom is -0.314 e. The number of rotatable bonds is 6. The summed E-state index contributed by atoms with van der Waals surface area (Å²) in [5.74, 6) is 0. The van der Waals surface area contributed by atoms with Gasteiger partial charge in [0, 0.05) is 32.4 Å². The van der Waals surface area contributed by atoms with Crippen LogP contribution in [-0.2, 0) is 6.42 Å². The Labute approximate surface area is 232 Å². The highest BCUT2D eigenvalue weighted by Crippen LogP contribution is 2.42. The number of aromatic nitrogens is 1. The van der Waals surface area contributed by atoms with E-state index in [4.69, 9.17) is 0 Å². The number of benzene rings is 5. The van der Waals surface area contributed by atoms with Gasteiger partial charge in [-0.15, -0.1) is 11.3 Å². The minimum absolute atomic E-state index is 0.844. The Morgan fingerprint density at radius 1 is 0.692 bits per heavy atom. The quantitative estimate of drug-likeness (QED) is 0.193. The zero-order valence-corrected chi connectivity index (χ0v) is 22.4. The monoisotopic (exact) mass is 517 g/mol. The highest BCUT2D eigenvalue weighted by molar-refractivity contribution is 7.26. The Balaban J connectivity index is 1.55. The molecule has 0 unspecified atom stereocenters. The maximum atomic E-state index is 3.92. The first-order valence-corrected chi connectivity index (χ1v) is 14.1. The van der Waals surface area contributed by atoms with Crippen LogP contribution < -0.4 is 0 Å². The van der Waals surface area contributed by atoms with Crippen LogP contribution in [0, 0.1) is 0 Å². The molecule has 1 nitrogen and oxygen atoms in total. The van der Waals surface area contributed by atoms with Crippen LogP contribution in [0.2, 0.25) is 0 Å². The summed E-state index contributed by atoms with van der Waals surface area (Å²) in [7, 11) is 0. The third-order valence-electron chi connectivity index (χ3n) is 7.41. The molecule has 0 aliphatic carbocycles. The van der Waals surface area contributed by atoms with E-state index in [1.54, 1.807) is 0 Å². The lowest BCUT2D eigenvalue weighted by molar-refractivity contribution is 1.17. The lowest BCUT2D eigenvalue weighted by Gasteiger charge is -2.08. The van der Waals surface area contributed by atoms with Crippen LogP contribution >= 0.6 is 11.3 Å². The molecule has 2 heteroatoms. The van der Waals surface area contributed by atoms with Gasteiger partial charge < -0.3 is 4.57 Å². The lowest BCUT2D eigenvalue weighted by Crippen LogP contribution is -1.93. The Morgan fingerprint density at radius 2 is 1.44 bits per heavy atom.